The van der Waals surface area contributed by atoms with Crippen molar-refractivity contribution in [2.75, 3.05) is 19.4 Å². The molecule has 1 unspecified atom stereocenters. The summed E-state index contributed by atoms with van der Waals surface area (Å²) in [5.74, 6) is 1.05. The van der Waals surface area contributed by atoms with E-state index >= 15 is 0 Å². The number of halogens is 3. The van der Waals surface area contributed by atoms with Gasteiger partial charge in [-0.1, -0.05) is 43.0 Å². The minimum atomic E-state index is -4.76. The van der Waals surface area contributed by atoms with Crippen molar-refractivity contribution in [1.82, 2.24) is 25.0 Å². The Labute approximate surface area is 255 Å². The molecular weight excluding hydrogens is 597 g/mol. The molecule has 3 aromatic rings. The third kappa shape index (κ3) is 7.30. The first-order chi connectivity index (χ1) is 21.0. The fourth-order valence-electron chi connectivity index (χ4n) is 4.76. The van der Waals surface area contributed by atoms with Crippen LogP contribution >= 0.6 is 11.8 Å². The number of alkyl halides is 3. The number of carbonyl (C=O) groups excluding carboxylic acids is 2. The fourth-order valence-corrected chi connectivity index (χ4v) is 5.63. The standard InChI is InChI=1S/C30H29F3N6O4S/c1-18-14-24(42-3)12-13-25(18)39-26(40)16-44-29(39)36-28(41)34-15-19(2)20-4-6-21(7-5-20)27-35-17-38(37-27)22-8-10-23(11-9-22)43-30(31,32)33/h4-11,14,17,19H,12-13,15-16H2,1-3H3,(H,34,41). The number of carbonyl (C=O) groups is 2. The second-order valence-corrected chi connectivity index (χ2v) is 11.1. The predicted molar refractivity (Wildman–Crippen MR) is 159 cm³/mol. The van der Waals surface area contributed by atoms with Crippen LogP contribution in [0, 0.1) is 0 Å². The summed E-state index contributed by atoms with van der Waals surface area (Å²) >= 11 is 1.24. The van der Waals surface area contributed by atoms with E-state index in [-0.39, 0.29) is 23.3 Å². The number of hydrogen-bond donors (Lipinski definition) is 1. The number of aliphatic imine (C=N–C) groups is 1. The molecule has 44 heavy (non-hydrogen) atoms. The molecule has 0 bridgehead atoms. The summed E-state index contributed by atoms with van der Waals surface area (Å²) < 4.78 is 47.9. The van der Waals surface area contributed by atoms with E-state index in [1.54, 1.807) is 7.11 Å². The van der Waals surface area contributed by atoms with Gasteiger partial charge in [0.05, 0.1) is 24.3 Å². The van der Waals surface area contributed by atoms with E-state index in [9.17, 15) is 22.8 Å². The molecule has 0 saturated carbocycles. The molecular formula is C30H29F3N6O4S. The lowest BCUT2D eigenvalue weighted by Crippen LogP contribution is -2.32. The van der Waals surface area contributed by atoms with Gasteiger partial charge in [0, 0.05) is 24.2 Å². The molecule has 230 valence electrons. The Morgan fingerprint density at radius 2 is 1.86 bits per heavy atom. The van der Waals surface area contributed by atoms with E-state index in [2.05, 4.69) is 25.1 Å². The molecule has 2 aromatic carbocycles. The number of nitrogens with zero attached hydrogens (tertiary/aromatic N) is 5. The van der Waals surface area contributed by atoms with Crippen LogP contribution in [-0.2, 0) is 9.53 Å². The summed E-state index contributed by atoms with van der Waals surface area (Å²) in [5, 5.41) is 7.62. The fraction of sp³-hybridized carbons (Fsp3) is 0.300. The summed E-state index contributed by atoms with van der Waals surface area (Å²) in [6, 6.07) is 12.3. The monoisotopic (exact) mass is 626 g/mol. The van der Waals surface area contributed by atoms with Gasteiger partial charge in [0.1, 0.15) is 12.1 Å². The Kier molecular flexibility index (Phi) is 9.09. The van der Waals surface area contributed by atoms with Gasteiger partial charge in [0.15, 0.2) is 11.0 Å². The Balaban J connectivity index is 1.18. The van der Waals surface area contributed by atoms with Crippen LogP contribution in [0.3, 0.4) is 0 Å². The molecule has 5 rings (SSSR count). The lowest BCUT2D eigenvalue weighted by molar-refractivity contribution is -0.274. The van der Waals surface area contributed by atoms with Crippen LogP contribution < -0.4 is 10.1 Å². The van der Waals surface area contributed by atoms with Crippen LogP contribution in [0.2, 0.25) is 0 Å². The van der Waals surface area contributed by atoms with Gasteiger partial charge < -0.3 is 14.8 Å². The molecule has 1 aliphatic heterocycles. The normalized spacial score (nSPS) is 17.1. The summed E-state index contributed by atoms with van der Waals surface area (Å²) in [5.41, 5.74) is 3.97. The van der Waals surface area contributed by atoms with Gasteiger partial charge in [-0.15, -0.1) is 18.3 Å². The summed E-state index contributed by atoms with van der Waals surface area (Å²) in [6.45, 7) is 4.21. The summed E-state index contributed by atoms with van der Waals surface area (Å²) in [4.78, 5) is 35.4. The zero-order valence-corrected chi connectivity index (χ0v) is 24.9. The largest absolute Gasteiger partial charge is 0.573 e. The molecule has 2 aliphatic rings. The van der Waals surface area contributed by atoms with Gasteiger partial charge in [-0.2, -0.15) is 4.99 Å². The minimum Gasteiger partial charge on any atom is -0.501 e. The van der Waals surface area contributed by atoms with Gasteiger partial charge in [-0.3, -0.25) is 9.69 Å². The van der Waals surface area contributed by atoms with Gasteiger partial charge >= 0.3 is 12.4 Å². The molecule has 1 N–H and O–H groups in total. The Bertz CT molecular complexity index is 1630. The SMILES string of the molecule is COC1=CC(C)=C(N2C(=O)CSC2=NC(=O)NCC(C)c2ccc(-c3ncn(-c4ccc(OC(F)(F)F)cc4)n3)cc2)CC1. The Morgan fingerprint density at radius 3 is 2.52 bits per heavy atom. The molecule has 2 heterocycles. The quantitative estimate of drug-likeness (QED) is 0.318. The van der Waals surface area contributed by atoms with E-state index in [1.165, 1.54) is 51.9 Å². The first-order valence-corrected chi connectivity index (χ1v) is 14.6. The number of amides is 3. The number of urea groups is 1. The van der Waals surface area contributed by atoms with E-state index in [4.69, 9.17) is 4.74 Å². The van der Waals surface area contributed by atoms with Gasteiger partial charge in [-0.25, -0.2) is 14.5 Å². The average Bonchev–Trinajstić information content (AvgIpc) is 3.63. The molecule has 0 spiro atoms. The number of hydrogen-bond acceptors (Lipinski definition) is 7. The average molecular weight is 627 g/mol. The second-order valence-electron chi connectivity index (χ2n) is 10.1. The maximum absolute atomic E-state index is 12.7. The van der Waals surface area contributed by atoms with E-state index in [0.29, 0.717) is 36.1 Å². The van der Waals surface area contributed by atoms with Crippen molar-refractivity contribution < 1.29 is 32.2 Å². The number of thioether (sulfide) groups is 1. The maximum atomic E-state index is 12.7. The van der Waals surface area contributed by atoms with Crippen LogP contribution in [0.25, 0.3) is 17.1 Å². The molecule has 10 nitrogen and oxygen atoms in total. The van der Waals surface area contributed by atoms with Crippen LogP contribution in [-0.4, -0.2) is 62.5 Å². The highest BCUT2D eigenvalue weighted by Gasteiger charge is 2.34. The highest BCUT2D eigenvalue weighted by molar-refractivity contribution is 8.15. The maximum Gasteiger partial charge on any atom is 0.573 e. The van der Waals surface area contributed by atoms with E-state index in [0.717, 1.165) is 28.2 Å². The van der Waals surface area contributed by atoms with Crippen molar-refractivity contribution in [1.29, 1.82) is 0 Å². The number of rotatable bonds is 8. The molecule has 3 amide bonds. The molecule has 1 fully saturated rings. The Hall–Kier alpha value is -4.59. The first-order valence-electron chi connectivity index (χ1n) is 13.7. The number of ether oxygens (including phenoxy) is 2. The minimum absolute atomic E-state index is 0.0361. The van der Waals surface area contributed by atoms with Crippen molar-refractivity contribution in [2.24, 2.45) is 4.99 Å². The lowest BCUT2D eigenvalue weighted by Gasteiger charge is -2.25. The highest BCUT2D eigenvalue weighted by Crippen LogP contribution is 2.33. The molecule has 1 saturated heterocycles. The van der Waals surface area contributed by atoms with Crippen LogP contribution in [0.15, 0.2) is 83.0 Å². The van der Waals surface area contributed by atoms with E-state index < -0.39 is 12.4 Å². The molecule has 1 atom stereocenters. The van der Waals surface area contributed by atoms with Crippen molar-refractivity contribution in [3.63, 3.8) is 0 Å². The number of amidine groups is 1. The Morgan fingerprint density at radius 1 is 1.14 bits per heavy atom. The number of allylic oxidation sites excluding steroid dienone is 4. The van der Waals surface area contributed by atoms with E-state index in [1.807, 2.05) is 44.2 Å². The predicted octanol–water partition coefficient (Wildman–Crippen LogP) is 6.18. The molecule has 1 aliphatic carbocycles. The third-order valence-electron chi connectivity index (χ3n) is 7.06. The van der Waals surface area contributed by atoms with Crippen molar-refractivity contribution >= 4 is 28.9 Å². The van der Waals surface area contributed by atoms with Crippen molar-refractivity contribution in [3.05, 3.63) is 83.5 Å². The number of benzene rings is 2. The topological polar surface area (TPSA) is 111 Å². The number of nitrogens with one attached hydrogen (secondary N) is 1. The zero-order valence-electron chi connectivity index (χ0n) is 24.1. The zero-order chi connectivity index (χ0) is 31.4. The number of methoxy groups -OCH3 is 1. The molecule has 0 radical (unpaired) electrons. The number of aromatic nitrogens is 3. The van der Waals surface area contributed by atoms with Crippen LogP contribution in [0.1, 0.15) is 38.2 Å². The van der Waals surface area contributed by atoms with Crippen molar-refractivity contribution in [3.8, 4) is 22.8 Å². The first kappa shape index (κ1) is 30.9. The smallest absolute Gasteiger partial charge is 0.501 e. The van der Waals surface area contributed by atoms with Gasteiger partial charge in [0.2, 0.25) is 5.91 Å². The van der Waals surface area contributed by atoms with Crippen LogP contribution in [0.4, 0.5) is 18.0 Å². The third-order valence-corrected chi connectivity index (χ3v) is 7.98. The van der Waals surface area contributed by atoms with Crippen molar-refractivity contribution in [2.45, 2.75) is 39.0 Å². The van der Waals surface area contributed by atoms with Gasteiger partial charge in [-0.05, 0) is 60.7 Å². The summed E-state index contributed by atoms with van der Waals surface area (Å²) in [6.07, 6.45) is -0.0955. The molecule has 1 aromatic heterocycles. The van der Waals surface area contributed by atoms with Crippen LogP contribution in [0.5, 0.6) is 5.75 Å². The second kappa shape index (κ2) is 13.0. The molecule has 14 heteroatoms. The lowest BCUT2D eigenvalue weighted by atomic mass is 10.00. The summed E-state index contributed by atoms with van der Waals surface area (Å²) in [7, 11) is 1.62. The highest BCUT2D eigenvalue weighted by atomic mass is 32.2. The van der Waals surface area contributed by atoms with Gasteiger partial charge in [0.25, 0.3) is 0 Å².